The van der Waals surface area contributed by atoms with Crippen molar-refractivity contribution in [3.05, 3.63) is 42.4 Å². The summed E-state index contributed by atoms with van der Waals surface area (Å²) in [5.41, 5.74) is 3.45. The molecule has 0 aliphatic heterocycles. The number of H-pyrrole nitrogens is 1. The van der Waals surface area contributed by atoms with Gasteiger partial charge in [-0.1, -0.05) is 6.08 Å². The first kappa shape index (κ1) is 22.3. The van der Waals surface area contributed by atoms with E-state index < -0.39 is 19.1 Å². The number of fused-ring (bicyclic) bond motifs is 1. The number of hydrogen-bond acceptors (Lipinski definition) is 5. The second kappa shape index (κ2) is 9.19. The highest BCUT2D eigenvalue weighted by atomic mass is 19.4. The van der Waals surface area contributed by atoms with Gasteiger partial charge in [-0.2, -0.15) is 18.2 Å². The first-order chi connectivity index (χ1) is 14.6. The maximum atomic E-state index is 12.3. The van der Waals surface area contributed by atoms with Gasteiger partial charge in [0.1, 0.15) is 12.2 Å². The predicted octanol–water partition coefficient (Wildman–Crippen LogP) is 5.61. The second-order valence-electron chi connectivity index (χ2n) is 6.71. The molecular formula is C20H19F5N6. The van der Waals surface area contributed by atoms with Gasteiger partial charge in [0, 0.05) is 35.5 Å². The first-order valence-corrected chi connectivity index (χ1v) is 9.25. The minimum absolute atomic E-state index is 0.137. The average Bonchev–Trinajstić information content (AvgIpc) is 3.10. The Hall–Kier alpha value is -3.37. The highest BCUT2D eigenvalue weighted by molar-refractivity contribution is 5.95. The summed E-state index contributed by atoms with van der Waals surface area (Å²) in [5.74, 6) is -0.137. The predicted molar refractivity (Wildman–Crippen MR) is 109 cm³/mol. The smallest absolute Gasteiger partial charge is 0.345 e. The number of aromatic nitrogens is 4. The van der Waals surface area contributed by atoms with Crippen LogP contribution in [0.15, 0.2) is 41.7 Å². The van der Waals surface area contributed by atoms with E-state index in [-0.39, 0.29) is 12.4 Å². The lowest BCUT2D eigenvalue weighted by atomic mass is 10.1. The van der Waals surface area contributed by atoms with E-state index in [2.05, 4.69) is 30.2 Å². The number of aliphatic imine (C=N–C) groups is 1. The quantitative estimate of drug-likeness (QED) is 0.371. The molecule has 0 atom stereocenters. The third kappa shape index (κ3) is 6.06. The van der Waals surface area contributed by atoms with E-state index in [1.54, 1.807) is 32.2 Å². The van der Waals surface area contributed by atoms with Crippen molar-refractivity contribution < 1.29 is 22.0 Å². The van der Waals surface area contributed by atoms with Crippen molar-refractivity contribution >= 4 is 28.4 Å². The third-order valence-electron chi connectivity index (χ3n) is 4.18. The number of aromatic amines is 1. The normalized spacial score (nSPS) is 13.0. The molecule has 0 bridgehead atoms. The van der Waals surface area contributed by atoms with E-state index in [1.807, 2.05) is 0 Å². The van der Waals surface area contributed by atoms with Crippen LogP contribution in [0.4, 0.5) is 33.6 Å². The standard InChI is InChI=1S/C20H19F5N6/c1-11(4-3-5-17(21)22)29-15-6-7-16(30-12(15)2)13-8-26-18-14(13)9-27-19(31-18)28-10-20(23,24)25/h3-4,6-9,17H,5,10H2,1-2H3,(H2,26,27,28,31)/b4-3+,29-11-. The molecule has 3 aromatic rings. The largest absolute Gasteiger partial charge is 0.405 e. The highest BCUT2D eigenvalue weighted by Gasteiger charge is 2.27. The maximum absolute atomic E-state index is 12.3. The van der Waals surface area contributed by atoms with E-state index in [0.29, 0.717) is 39.4 Å². The zero-order chi connectivity index (χ0) is 22.6. The van der Waals surface area contributed by atoms with Gasteiger partial charge in [0.2, 0.25) is 12.4 Å². The molecule has 0 spiro atoms. The van der Waals surface area contributed by atoms with Crippen LogP contribution in [0.1, 0.15) is 19.0 Å². The Bertz CT molecular complexity index is 1120. The molecule has 31 heavy (non-hydrogen) atoms. The fourth-order valence-corrected chi connectivity index (χ4v) is 2.77. The molecule has 6 nitrogen and oxygen atoms in total. The maximum Gasteiger partial charge on any atom is 0.405 e. The van der Waals surface area contributed by atoms with Gasteiger partial charge in [0.25, 0.3) is 0 Å². The van der Waals surface area contributed by atoms with E-state index >= 15 is 0 Å². The molecule has 0 saturated carbocycles. The molecule has 164 valence electrons. The zero-order valence-corrected chi connectivity index (χ0v) is 16.6. The molecule has 0 aromatic carbocycles. The summed E-state index contributed by atoms with van der Waals surface area (Å²) < 4.78 is 61.5. The topological polar surface area (TPSA) is 78.9 Å². The number of anilines is 1. The molecule has 0 saturated heterocycles. The Labute approximate surface area is 174 Å². The number of halogens is 5. The number of rotatable bonds is 7. The molecule has 0 aliphatic rings. The van der Waals surface area contributed by atoms with Crippen LogP contribution in [0.2, 0.25) is 0 Å². The van der Waals surface area contributed by atoms with E-state index in [9.17, 15) is 22.0 Å². The van der Waals surface area contributed by atoms with E-state index in [1.165, 1.54) is 18.3 Å². The minimum Gasteiger partial charge on any atom is -0.345 e. The van der Waals surface area contributed by atoms with Gasteiger partial charge in [0.05, 0.1) is 17.1 Å². The number of nitrogens with zero attached hydrogens (tertiary/aromatic N) is 4. The van der Waals surface area contributed by atoms with Gasteiger partial charge in [-0.25, -0.2) is 13.8 Å². The fourth-order valence-electron chi connectivity index (χ4n) is 2.77. The molecule has 11 heteroatoms. The number of alkyl halides is 5. The molecule has 0 amide bonds. The van der Waals surface area contributed by atoms with Gasteiger partial charge in [-0.15, -0.1) is 0 Å². The Kier molecular flexibility index (Phi) is 6.62. The summed E-state index contributed by atoms with van der Waals surface area (Å²) >= 11 is 0. The Morgan fingerprint density at radius 3 is 2.71 bits per heavy atom. The van der Waals surface area contributed by atoms with Crippen molar-refractivity contribution in [3.8, 4) is 11.3 Å². The summed E-state index contributed by atoms with van der Waals surface area (Å²) in [6.07, 6.45) is -1.14. The first-order valence-electron chi connectivity index (χ1n) is 9.25. The SMILES string of the molecule is CC(/C=C/CC(F)F)=N/c1ccc(-c2c[nH]c3nc(NCC(F)(F)F)ncc23)nc1C. The number of allylic oxidation sites excluding steroid dienone is 2. The van der Waals surface area contributed by atoms with Gasteiger partial charge in [-0.05, 0) is 32.1 Å². The van der Waals surface area contributed by atoms with Crippen molar-refractivity contribution in [2.45, 2.75) is 32.9 Å². The van der Waals surface area contributed by atoms with Crippen molar-refractivity contribution in [1.29, 1.82) is 0 Å². The summed E-state index contributed by atoms with van der Waals surface area (Å²) in [5, 5.41) is 2.74. The summed E-state index contributed by atoms with van der Waals surface area (Å²) in [4.78, 5) is 19.8. The molecule has 2 N–H and O–H groups in total. The highest BCUT2D eigenvalue weighted by Crippen LogP contribution is 2.29. The van der Waals surface area contributed by atoms with Crippen LogP contribution in [0.5, 0.6) is 0 Å². The molecule has 0 radical (unpaired) electrons. The molecule has 3 aromatic heterocycles. The zero-order valence-electron chi connectivity index (χ0n) is 16.6. The molecule has 0 unspecified atom stereocenters. The van der Waals surface area contributed by atoms with Crippen LogP contribution in [0.25, 0.3) is 22.3 Å². The molecule has 0 fully saturated rings. The van der Waals surface area contributed by atoms with Gasteiger partial charge in [0.15, 0.2) is 0 Å². The Morgan fingerprint density at radius 1 is 1.26 bits per heavy atom. The molecule has 3 heterocycles. The van der Waals surface area contributed by atoms with Gasteiger partial charge in [-0.3, -0.25) is 9.98 Å². The summed E-state index contributed by atoms with van der Waals surface area (Å²) in [7, 11) is 0. The molecular weight excluding hydrogens is 419 g/mol. The van der Waals surface area contributed by atoms with Crippen molar-refractivity contribution in [3.63, 3.8) is 0 Å². The van der Waals surface area contributed by atoms with Crippen molar-refractivity contribution in [1.82, 2.24) is 19.9 Å². The van der Waals surface area contributed by atoms with E-state index in [0.717, 1.165) is 0 Å². The lowest BCUT2D eigenvalue weighted by Gasteiger charge is -2.08. The number of aryl methyl sites for hydroxylation is 1. The lowest BCUT2D eigenvalue weighted by molar-refractivity contribution is -0.115. The number of nitrogens with one attached hydrogen (secondary N) is 2. The van der Waals surface area contributed by atoms with Crippen LogP contribution in [-0.4, -0.2) is 44.8 Å². The van der Waals surface area contributed by atoms with Crippen molar-refractivity contribution in [2.24, 2.45) is 4.99 Å². The van der Waals surface area contributed by atoms with Crippen LogP contribution >= 0.6 is 0 Å². The summed E-state index contributed by atoms with van der Waals surface area (Å²) in [6.45, 7) is 2.24. The number of pyridine rings is 1. The van der Waals surface area contributed by atoms with Gasteiger partial charge >= 0.3 is 6.18 Å². The Morgan fingerprint density at radius 2 is 2.03 bits per heavy atom. The fraction of sp³-hybridized carbons (Fsp3) is 0.300. The average molecular weight is 438 g/mol. The third-order valence-corrected chi connectivity index (χ3v) is 4.18. The van der Waals surface area contributed by atoms with Crippen molar-refractivity contribution in [2.75, 3.05) is 11.9 Å². The van der Waals surface area contributed by atoms with Crippen LogP contribution in [0, 0.1) is 6.92 Å². The van der Waals surface area contributed by atoms with E-state index in [4.69, 9.17) is 0 Å². The lowest BCUT2D eigenvalue weighted by Crippen LogP contribution is -2.22. The molecule has 0 aliphatic carbocycles. The Balaban J connectivity index is 1.81. The monoisotopic (exact) mass is 438 g/mol. The van der Waals surface area contributed by atoms with Crippen LogP contribution in [0.3, 0.4) is 0 Å². The number of hydrogen-bond donors (Lipinski definition) is 2. The molecule has 3 rings (SSSR count). The van der Waals surface area contributed by atoms with Gasteiger partial charge < -0.3 is 10.3 Å². The summed E-state index contributed by atoms with van der Waals surface area (Å²) in [6, 6.07) is 3.49. The van der Waals surface area contributed by atoms with Crippen LogP contribution < -0.4 is 5.32 Å². The minimum atomic E-state index is -4.37. The van der Waals surface area contributed by atoms with Crippen LogP contribution in [-0.2, 0) is 0 Å². The second-order valence-corrected chi connectivity index (χ2v) is 6.71.